The molecule has 1 fully saturated rings. The van der Waals surface area contributed by atoms with Crippen LogP contribution in [-0.2, 0) is 11.2 Å². The number of amides is 1. The molecule has 1 aliphatic heterocycles. The van der Waals surface area contributed by atoms with Crippen molar-refractivity contribution in [2.45, 2.75) is 47.0 Å². The minimum absolute atomic E-state index is 0.0166. The van der Waals surface area contributed by atoms with Crippen LogP contribution in [0.1, 0.15) is 55.2 Å². The number of piperidine rings is 1. The highest BCUT2D eigenvalue weighted by molar-refractivity contribution is 6.07. The topological polar surface area (TPSA) is 106 Å². The Morgan fingerprint density at radius 1 is 1.30 bits per heavy atom. The first-order valence-corrected chi connectivity index (χ1v) is 10.6. The molecule has 7 nitrogen and oxygen atoms in total. The number of hydrogen-bond donors (Lipinski definition) is 2. The number of nitrogen functional groups attached to an aromatic ring is 1. The van der Waals surface area contributed by atoms with Crippen LogP contribution in [0.3, 0.4) is 0 Å². The maximum absolute atomic E-state index is 12.2. The van der Waals surface area contributed by atoms with Gasteiger partial charge in [0, 0.05) is 19.0 Å². The van der Waals surface area contributed by atoms with E-state index in [1.54, 1.807) is 6.92 Å². The van der Waals surface area contributed by atoms with Crippen molar-refractivity contribution in [3.63, 3.8) is 0 Å². The zero-order valence-corrected chi connectivity index (χ0v) is 18.2. The number of carbonyl (C=O) groups excluding carboxylic acids is 1. The van der Waals surface area contributed by atoms with E-state index in [0.717, 1.165) is 37.9 Å². The minimum Gasteiger partial charge on any atom is -0.492 e. The van der Waals surface area contributed by atoms with Crippen molar-refractivity contribution in [1.82, 2.24) is 9.88 Å². The van der Waals surface area contributed by atoms with Crippen LogP contribution < -0.4 is 10.5 Å². The predicted octanol–water partition coefficient (Wildman–Crippen LogP) is 3.66. The van der Waals surface area contributed by atoms with Crippen molar-refractivity contribution in [3.05, 3.63) is 29.0 Å². The van der Waals surface area contributed by atoms with Crippen molar-refractivity contribution in [2.75, 3.05) is 25.4 Å². The van der Waals surface area contributed by atoms with Crippen molar-refractivity contribution < 1.29 is 19.4 Å². The molecule has 0 bridgehead atoms. The van der Waals surface area contributed by atoms with Gasteiger partial charge in [-0.05, 0) is 43.7 Å². The summed E-state index contributed by atoms with van der Waals surface area (Å²) in [5.74, 6) is 0.0902. The summed E-state index contributed by atoms with van der Waals surface area (Å²) >= 11 is 0. The number of fused-ring (bicyclic) bond motifs is 1. The number of aromatic nitrogens is 1. The number of carbonyl (C=O) groups is 2. The first-order valence-electron chi connectivity index (χ1n) is 10.6. The average molecular weight is 414 g/mol. The first kappa shape index (κ1) is 21.9. The lowest BCUT2D eigenvalue weighted by molar-refractivity contribution is -0.136. The molecular formula is C23H31N3O4. The first-order chi connectivity index (χ1) is 14.2. The molecule has 1 aliphatic rings. The summed E-state index contributed by atoms with van der Waals surface area (Å²) < 4.78 is 6.26. The number of pyridine rings is 1. The third-order valence-electron chi connectivity index (χ3n) is 5.88. The molecule has 3 rings (SSSR count). The quantitative estimate of drug-likeness (QED) is 0.749. The van der Waals surface area contributed by atoms with Gasteiger partial charge in [-0.2, -0.15) is 0 Å². The molecular weight excluding hydrogens is 382 g/mol. The molecule has 7 heteroatoms. The summed E-state index contributed by atoms with van der Waals surface area (Å²) in [4.78, 5) is 30.3. The van der Waals surface area contributed by atoms with Gasteiger partial charge in [-0.1, -0.05) is 26.8 Å². The Kier molecular flexibility index (Phi) is 6.48. The lowest BCUT2D eigenvalue weighted by Gasteiger charge is -2.33. The van der Waals surface area contributed by atoms with E-state index in [4.69, 9.17) is 10.5 Å². The van der Waals surface area contributed by atoms with Gasteiger partial charge in [0.1, 0.15) is 11.3 Å². The summed E-state index contributed by atoms with van der Waals surface area (Å²) in [6.45, 7) is 9.53. The number of nitrogens with zero attached hydrogens (tertiary/aromatic N) is 2. The molecule has 30 heavy (non-hydrogen) atoms. The highest BCUT2D eigenvalue weighted by Crippen LogP contribution is 2.37. The normalized spacial score (nSPS) is 15.0. The van der Waals surface area contributed by atoms with Crippen molar-refractivity contribution in [2.24, 2.45) is 11.8 Å². The largest absolute Gasteiger partial charge is 0.492 e. The Bertz CT molecular complexity index is 963. The Hall–Kier alpha value is -2.83. The fraction of sp³-hybridized carbons (Fsp3) is 0.522. The number of benzene rings is 1. The third-order valence-corrected chi connectivity index (χ3v) is 5.88. The van der Waals surface area contributed by atoms with Crippen LogP contribution >= 0.6 is 0 Å². The second-order valence-electron chi connectivity index (χ2n) is 8.33. The Morgan fingerprint density at radius 2 is 1.97 bits per heavy atom. The van der Waals surface area contributed by atoms with Crippen LogP contribution in [-0.4, -0.2) is 46.6 Å². The van der Waals surface area contributed by atoms with Gasteiger partial charge in [0.05, 0.1) is 28.9 Å². The number of nitrogens with two attached hydrogens (primary N) is 1. The van der Waals surface area contributed by atoms with Gasteiger partial charge >= 0.3 is 5.97 Å². The molecule has 0 saturated carbocycles. The lowest BCUT2D eigenvalue weighted by atomic mass is 9.96. The van der Waals surface area contributed by atoms with E-state index in [1.165, 1.54) is 0 Å². The molecule has 2 aromatic rings. The number of carboxylic acids is 1. The van der Waals surface area contributed by atoms with Crippen LogP contribution in [0.15, 0.2) is 12.1 Å². The second-order valence-corrected chi connectivity index (χ2v) is 8.33. The predicted molar refractivity (Wildman–Crippen MR) is 117 cm³/mol. The van der Waals surface area contributed by atoms with Gasteiger partial charge in [-0.3, -0.25) is 9.78 Å². The van der Waals surface area contributed by atoms with Crippen molar-refractivity contribution in [3.8, 4) is 5.75 Å². The van der Waals surface area contributed by atoms with E-state index in [2.05, 4.69) is 4.98 Å². The molecule has 0 atom stereocenters. The molecule has 3 N–H and O–H groups in total. The van der Waals surface area contributed by atoms with E-state index in [1.807, 2.05) is 37.8 Å². The Balaban J connectivity index is 1.84. The number of ether oxygens (including phenoxy) is 1. The van der Waals surface area contributed by atoms with E-state index in [0.29, 0.717) is 34.9 Å². The van der Waals surface area contributed by atoms with Crippen LogP contribution in [0.2, 0.25) is 0 Å². The second kappa shape index (κ2) is 8.90. The monoisotopic (exact) mass is 413 g/mol. The number of likely N-dealkylation sites (tertiary alicyclic amines) is 1. The fourth-order valence-electron chi connectivity index (χ4n) is 4.12. The van der Waals surface area contributed by atoms with Crippen molar-refractivity contribution >= 4 is 28.5 Å². The smallest absolute Gasteiger partial charge is 0.339 e. The number of aromatic carboxylic acids is 1. The van der Waals surface area contributed by atoms with E-state index < -0.39 is 5.97 Å². The van der Waals surface area contributed by atoms with Crippen molar-refractivity contribution in [1.29, 1.82) is 0 Å². The molecule has 0 aliphatic carbocycles. The molecule has 1 amide bonds. The number of rotatable bonds is 6. The standard InChI is InChI=1S/C23H31N3O4/c1-5-16-6-7-17-19(20(24)18(23(28)29)14(4)25-17)21(16)30-12-15-8-10-26(11-9-15)22(27)13(2)3/h6-7,13,15H,5,8-12H2,1-4H3,(H2,24,25)(H,28,29). The Labute approximate surface area is 177 Å². The maximum atomic E-state index is 12.2. The zero-order valence-electron chi connectivity index (χ0n) is 18.2. The minimum atomic E-state index is -1.09. The summed E-state index contributed by atoms with van der Waals surface area (Å²) in [6, 6.07) is 3.83. The molecule has 0 unspecified atom stereocenters. The average Bonchev–Trinajstić information content (AvgIpc) is 2.71. The van der Waals surface area contributed by atoms with Crippen LogP contribution in [0.4, 0.5) is 5.69 Å². The highest BCUT2D eigenvalue weighted by Gasteiger charge is 2.26. The zero-order chi connectivity index (χ0) is 22.0. The fourth-order valence-corrected chi connectivity index (χ4v) is 4.12. The molecule has 0 spiro atoms. The van der Waals surface area contributed by atoms with Gasteiger partial charge in [-0.25, -0.2) is 4.79 Å². The number of carboxylic acid groups (broad SMARTS) is 1. The maximum Gasteiger partial charge on any atom is 0.339 e. The van der Waals surface area contributed by atoms with Crippen LogP contribution in [0, 0.1) is 18.8 Å². The summed E-state index contributed by atoms with van der Waals surface area (Å²) in [7, 11) is 0. The van der Waals surface area contributed by atoms with Crippen LogP contribution in [0.5, 0.6) is 5.75 Å². The van der Waals surface area contributed by atoms with E-state index in [9.17, 15) is 14.7 Å². The van der Waals surface area contributed by atoms with Crippen LogP contribution in [0.25, 0.3) is 10.9 Å². The summed E-state index contributed by atoms with van der Waals surface area (Å²) in [5, 5.41) is 10.1. The SMILES string of the molecule is CCc1ccc2nc(C)c(C(=O)O)c(N)c2c1OCC1CCN(C(=O)C(C)C)CC1. The van der Waals surface area contributed by atoms with Gasteiger partial charge in [0.15, 0.2) is 0 Å². The summed E-state index contributed by atoms with van der Waals surface area (Å²) in [6.07, 6.45) is 2.51. The molecule has 1 saturated heterocycles. The van der Waals surface area contributed by atoms with Gasteiger partial charge in [-0.15, -0.1) is 0 Å². The lowest BCUT2D eigenvalue weighted by Crippen LogP contribution is -2.41. The Morgan fingerprint density at radius 3 is 2.53 bits per heavy atom. The number of anilines is 1. The molecule has 1 aromatic heterocycles. The number of aryl methyl sites for hydroxylation is 2. The molecule has 2 heterocycles. The van der Waals surface area contributed by atoms with Gasteiger partial charge in [0.2, 0.25) is 5.91 Å². The third kappa shape index (κ3) is 4.20. The molecule has 1 aromatic carbocycles. The van der Waals surface area contributed by atoms with Gasteiger partial charge in [0.25, 0.3) is 0 Å². The van der Waals surface area contributed by atoms with E-state index >= 15 is 0 Å². The van der Waals surface area contributed by atoms with E-state index in [-0.39, 0.29) is 23.1 Å². The summed E-state index contributed by atoms with van der Waals surface area (Å²) in [5.41, 5.74) is 8.53. The highest BCUT2D eigenvalue weighted by atomic mass is 16.5. The van der Waals surface area contributed by atoms with Gasteiger partial charge < -0.3 is 20.5 Å². The number of hydrogen-bond acceptors (Lipinski definition) is 5. The molecule has 162 valence electrons. The molecule has 0 radical (unpaired) electrons.